The molecule has 1 aliphatic heterocycles. The molecule has 0 spiro atoms. The van der Waals surface area contributed by atoms with Gasteiger partial charge in [-0.25, -0.2) is 14.8 Å². The van der Waals surface area contributed by atoms with E-state index >= 15 is 0 Å². The summed E-state index contributed by atoms with van der Waals surface area (Å²) in [6, 6.07) is 0. The molecule has 1 rings (SSSR count). The highest BCUT2D eigenvalue weighted by Crippen LogP contribution is 1.99. The summed E-state index contributed by atoms with van der Waals surface area (Å²) < 4.78 is 0. The number of aliphatic imine (C=N–C) groups is 2. The van der Waals surface area contributed by atoms with Gasteiger partial charge in [0.1, 0.15) is 0 Å². The normalized spacial score (nSPS) is 16.5. The number of hydrogen-bond donors (Lipinski definition) is 1. The summed E-state index contributed by atoms with van der Waals surface area (Å²) in [4.78, 5) is 27.5. The number of allylic oxidation sites excluding steroid dienone is 1. The molecule has 0 radical (unpaired) electrons. The Bertz CT molecular complexity index is 301. The van der Waals surface area contributed by atoms with Crippen molar-refractivity contribution in [3.05, 3.63) is 12.3 Å². The highest BCUT2D eigenvalue weighted by Gasteiger charge is 2.21. The standard InChI is InChI=1S/C6H4N2O3/c1-3-2-7-5(9)4(8-3)6(10)11/h2H,1H2,(H,10,11). The summed E-state index contributed by atoms with van der Waals surface area (Å²) in [5.41, 5.74) is -0.417. The van der Waals surface area contributed by atoms with Crippen LogP contribution in [0.5, 0.6) is 0 Å². The van der Waals surface area contributed by atoms with Gasteiger partial charge in [-0.2, -0.15) is 0 Å². The zero-order chi connectivity index (χ0) is 8.43. The molecule has 1 heterocycles. The van der Waals surface area contributed by atoms with Gasteiger partial charge in [-0.15, -0.1) is 0 Å². The molecule has 1 amide bonds. The summed E-state index contributed by atoms with van der Waals surface area (Å²) in [5.74, 6) is -2.22. The molecule has 1 aliphatic rings. The Morgan fingerprint density at radius 3 is 2.73 bits per heavy atom. The van der Waals surface area contributed by atoms with Gasteiger partial charge in [0.05, 0.1) is 11.9 Å². The minimum atomic E-state index is -1.38. The van der Waals surface area contributed by atoms with Crippen LogP contribution in [0.15, 0.2) is 22.3 Å². The fraction of sp³-hybridized carbons (Fsp3) is 0. The average molecular weight is 152 g/mol. The third-order valence-corrected chi connectivity index (χ3v) is 0.991. The van der Waals surface area contributed by atoms with Gasteiger partial charge in [-0.05, 0) is 0 Å². The molecule has 0 saturated heterocycles. The Morgan fingerprint density at radius 2 is 2.27 bits per heavy atom. The minimum Gasteiger partial charge on any atom is -0.476 e. The molecule has 56 valence electrons. The summed E-state index contributed by atoms with van der Waals surface area (Å²) in [5, 5.41) is 8.36. The van der Waals surface area contributed by atoms with E-state index in [4.69, 9.17) is 5.11 Å². The Labute approximate surface area is 61.8 Å². The molecule has 5 heteroatoms. The number of amides is 1. The van der Waals surface area contributed by atoms with Gasteiger partial charge in [0.15, 0.2) is 0 Å². The van der Waals surface area contributed by atoms with Crippen molar-refractivity contribution in [2.45, 2.75) is 0 Å². The van der Waals surface area contributed by atoms with Crippen LogP contribution in [0.2, 0.25) is 0 Å². The lowest BCUT2D eigenvalue weighted by molar-refractivity contribution is -0.130. The number of hydrogen-bond acceptors (Lipinski definition) is 3. The van der Waals surface area contributed by atoms with Gasteiger partial charge in [0.2, 0.25) is 5.71 Å². The second kappa shape index (κ2) is 2.45. The molecule has 0 bridgehead atoms. The first-order valence-electron chi connectivity index (χ1n) is 2.70. The maximum atomic E-state index is 10.6. The number of carboxylic acid groups (broad SMARTS) is 1. The van der Waals surface area contributed by atoms with E-state index in [1.165, 1.54) is 0 Å². The topological polar surface area (TPSA) is 79.1 Å². The van der Waals surface area contributed by atoms with E-state index in [0.717, 1.165) is 6.21 Å². The molecule has 0 aromatic rings. The molecule has 0 unspecified atom stereocenters. The van der Waals surface area contributed by atoms with Crippen LogP contribution >= 0.6 is 0 Å². The molecular weight excluding hydrogens is 148 g/mol. The Hall–Kier alpha value is -1.78. The van der Waals surface area contributed by atoms with E-state index in [1.54, 1.807) is 0 Å². The van der Waals surface area contributed by atoms with E-state index in [1.807, 2.05) is 0 Å². The van der Waals surface area contributed by atoms with Crippen molar-refractivity contribution < 1.29 is 14.7 Å². The molecule has 0 aromatic heterocycles. The van der Waals surface area contributed by atoms with E-state index in [9.17, 15) is 9.59 Å². The van der Waals surface area contributed by atoms with Gasteiger partial charge in [-0.3, -0.25) is 4.79 Å². The third-order valence-electron chi connectivity index (χ3n) is 0.991. The lowest BCUT2D eigenvalue weighted by Gasteiger charge is -2.00. The maximum absolute atomic E-state index is 10.6. The van der Waals surface area contributed by atoms with Crippen molar-refractivity contribution in [1.29, 1.82) is 0 Å². The number of nitrogens with zero attached hydrogens (tertiary/aromatic N) is 2. The van der Waals surface area contributed by atoms with Gasteiger partial charge in [0.25, 0.3) is 0 Å². The van der Waals surface area contributed by atoms with Crippen molar-refractivity contribution >= 4 is 23.8 Å². The van der Waals surface area contributed by atoms with E-state index in [-0.39, 0.29) is 5.70 Å². The highest BCUT2D eigenvalue weighted by molar-refractivity contribution is 6.65. The lowest BCUT2D eigenvalue weighted by Crippen LogP contribution is -2.24. The van der Waals surface area contributed by atoms with Crippen LogP contribution in [0.4, 0.5) is 0 Å². The van der Waals surface area contributed by atoms with E-state index in [2.05, 4.69) is 16.6 Å². The maximum Gasteiger partial charge on any atom is 0.360 e. The second-order valence-corrected chi connectivity index (χ2v) is 1.82. The molecule has 0 aliphatic carbocycles. The van der Waals surface area contributed by atoms with E-state index < -0.39 is 17.6 Å². The van der Waals surface area contributed by atoms with Crippen LogP contribution in [0.1, 0.15) is 0 Å². The second-order valence-electron chi connectivity index (χ2n) is 1.82. The SMILES string of the molecule is C=C1C=NC(=O)C(C(=O)O)=N1. The lowest BCUT2D eigenvalue weighted by atomic mass is 10.3. The fourth-order valence-electron chi connectivity index (χ4n) is 0.554. The predicted molar refractivity (Wildman–Crippen MR) is 37.7 cm³/mol. The first-order valence-corrected chi connectivity index (χ1v) is 2.70. The number of carbonyl (C=O) groups is 2. The van der Waals surface area contributed by atoms with Crippen LogP contribution in [0.25, 0.3) is 0 Å². The molecule has 0 aromatic carbocycles. The van der Waals surface area contributed by atoms with Crippen LogP contribution in [-0.4, -0.2) is 28.9 Å². The monoisotopic (exact) mass is 152 g/mol. The number of rotatable bonds is 1. The first kappa shape index (κ1) is 7.33. The van der Waals surface area contributed by atoms with Crippen molar-refractivity contribution in [1.82, 2.24) is 0 Å². The van der Waals surface area contributed by atoms with Crippen LogP contribution in [-0.2, 0) is 9.59 Å². The van der Waals surface area contributed by atoms with Gasteiger partial charge in [-0.1, -0.05) is 6.58 Å². The molecule has 5 nitrogen and oxygen atoms in total. The first-order chi connectivity index (χ1) is 5.11. The highest BCUT2D eigenvalue weighted by atomic mass is 16.4. The van der Waals surface area contributed by atoms with Crippen molar-refractivity contribution in [3.63, 3.8) is 0 Å². The summed E-state index contributed by atoms with van der Waals surface area (Å²) in [6.45, 7) is 3.33. The van der Waals surface area contributed by atoms with Crippen LogP contribution in [0, 0.1) is 0 Å². The fourth-order valence-corrected chi connectivity index (χ4v) is 0.554. The summed E-state index contributed by atoms with van der Waals surface area (Å²) in [7, 11) is 0. The van der Waals surface area contributed by atoms with Crippen molar-refractivity contribution in [2.24, 2.45) is 9.98 Å². The molecular formula is C6H4N2O3. The Morgan fingerprint density at radius 1 is 1.64 bits per heavy atom. The summed E-state index contributed by atoms with van der Waals surface area (Å²) in [6.07, 6.45) is 1.12. The minimum absolute atomic E-state index is 0.169. The molecule has 1 N–H and O–H groups in total. The number of carboxylic acids is 1. The van der Waals surface area contributed by atoms with Crippen molar-refractivity contribution in [3.8, 4) is 0 Å². The van der Waals surface area contributed by atoms with Gasteiger partial charge < -0.3 is 5.11 Å². The molecule has 0 saturated carbocycles. The van der Waals surface area contributed by atoms with E-state index in [0.29, 0.717) is 0 Å². The third kappa shape index (κ3) is 1.37. The number of aliphatic carboxylic acids is 1. The average Bonchev–Trinajstić information content (AvgIpc) is 1.94. The summed E-state index contributed by atoms with van der Waals surface area (Å²) >= 11 is 0. The zero-order valence-electron chi connectivity index (χ0n) is 5.44. The van der Waals surface area contributed by atoms with Gasteiger partial charge in [0, 0.05) is 0 Å². The Balaban J connectivity index is 3.03. The Kier molecular flexibility index (Phi) is 1.63. The van der Waals surface area contributed by atoms with Gasteiger partial charge >= 0.3 is 11.9 Å². The van der Waals surface area contributed by atoms with Crippen LogP contribution in [0.3, 0.4) is 0 Å². The molecule has 0 fully saturated rings. The quantitative estimate of drug-likeness (QED) is 0.557. The number of carbonyl (C=O) groups excluding carboxylic acids is 1. The van der Waals surface area contributed by atoms with Crippen molar-refractivity contribution in [2.75, 3.05) is 0 Å². The molecule has 11 heavy (non-hydrogen) atoms. The smallest absolute Gasteiger partial charge is 0.360 e. The van der Waals surface area contributed by atoms with Crippen LogP contribution < -0.4 is 0 Å². The zero-order valence-corrected chi connectivity index (χ0v) is 5.44. The predicted octanol–water partition coefficient (Wildman–Crippen LogP) is -0.363. The largest absolute Gasteiger partial charge is 0.476 e. The molecule has 0 atom stereocenters.